The molecule has 2 aliphatic rings. The number of nitrogens with zero attached hydrogens (tertiary/aromatic N) is 2. The van der Waals surface area contributed by atoms with Gasteiger partial charge in [-0.2, -0.15) is 0 Å². The van der Waals surface area contributed by atoms with Crippen LogP contribution in [-0.4, -0.2) is 61.7 Å². The predicted molar refractivity (Wildman–Crippen MR) is 54.9 cm³/mol. The molecule has 0 radical (unpaired) electrons. The molecule has 2 rings (SSSR count). The first-order chi connectivity index (χ1) is 6.25. The molecule has 0 bridgehead atoms. The smallest absolute Gasteiger partial charge is 0.0236 e. The van der Waals surface area contributed by atoms with E-state index in [1.165, 1.54) is 39.1 Å². The summed E-state index contributed by atoms with van der Waals surface area (Å²) in [5.41, 5.74) is 0. The fourth-order valence-corrected chi connectivity index (χ4v) is 2.50. The van der Waals surface area contributed by atoms with Crippen molar-refractivity contribution in [1.29, 1.82) is 0 Å². The topological polar surface area (TPSA) is 18.5 Å². The van der Waals surface area contributed by atoms with Crippen LogP contribution in [0, 0.1) is 0 Å². The largest absolute Gasteiger partial charge is 0.312 e. The SMILES string of the molecule is C[C@H]1CN(C2CCN(C)C2)CCN1. The van der Waals surface area contributed by atoms with Crippen LogP contribution >= 0.6 is 0 Å². The summed E-state index contributed by atoms with van der Waals surface area (Å²) < 4.78 is 0. The Morgan fingerprint density at radius 2 is 2.08 bits per heavy atom. The van der Waals surface area contributed by atoms with E-state index < -0.39 is 0 Å². The van der Waals surface area contributed by atoms with Gasteiger partial charge in [0.15, 0.2) is 0 Å². The number of piperazine rings is 1. The fourth-order valence-electron chi connectivity index (χ4n) is 2.50. The Morgan fingerprint density at radius 3 is 2.69 bits per heavy atom. The first-order valence-electron chi connectivity index (χ1n) is 5.41. The Labute approximate surface area is 81.1 Å². The second-order valence-corrected chi connectivity index (χ2v) is 4.55. The summed E-state index contributed by atoms with van der Waals surface area (Å²) in [6, 6.07) is 1.51. The molecule has 2 heterocycles. The van der Waals surface area contributed by atoms with Gasteiger partial charge in [-0.25, -0.2) is 0 Å². The number of hydrogen-bond donors (Lipinski definition) is 1. The van der Waals surface area contributed by atoms with Crippen LogP contribution in [0.2, 0.25) is 0 Å². The number of likely N-dealkylation sites (tertiary alicyclic amines) is 1. The van der Waals surface area contributed by atoms with Crippen LogP contribution < -0.4 is 5.32 Å². The van der Waals surface area contributed by atoms with E-state index in [-0.39, 0.29) is 0 Å². The molecule has 0 spiro atoms. The summed E-state index contributed by atoms with van der Waals surface area (Å²) in [6.45, 7) is 8.48. The number of hydrogen-bond acceptors (Lipinski definition) is 3. The molecule has 0 amide bonds. The lowest BCUT2D eigenvalue weighted by Crippen LogP contribution is -2.53. The molecule has 2 fully saturated rings. The molecular weight excluding hydrogens is 162 g/mol. The van der Waals surface area contributed by atoms with Crippen molar-refractivity contribution in [3.63, 3.8) is 0 Å². The zero-order chi connectivity index (χ0) is 9.26. The first-order valence-corrected chi connectivity index (χ1v) is 5.41. The van der Waals surface area contributed by atoms with Gasteiger partial charge >= 0.3 is 0 Å². The van der Waals surface area contributed by atoms with Crippen molar-refractivity contribution in [2.45, 2.75) is 25.4 Å². The second-order valence-electron chi connectivity index (χ2n) is 4.55. The highest BCUT2D eigenvalue weighted by Gasteiger charge is 2.27. The van der Waals surface area contributed by atoms with Crippen LogP contribution in [0.25, 0.3) is 0 Å². The maximum Gasteiger partial charge on any atom is 0.0236 e. The van der Waals surface area contributed by atoms with E-state index in [2.05, 4.69) is 29.1 Å². The van der Waals surface area contributed by atoms with Gasteiger partial charge in [0, 0.05) is 38.3 Å². The van der Waals surface area contributed by atoms with Crippen LogP contribution in [0.15, 0.2) is 0 Å². The minimum atomic E-state index is 0.680. The van der Waals surface area contributed by atoms with Crippen LogP contribution in [0.1, 0.15) is 13.3 Å². The highest BCUT2D eigenvalue weighted by atomic mass is 15.3. The van der Waals surface area contributed by atoms with Gasteiger partial charge in [-0.15, -0.1) is 0 Å². The summed E-state index contributed by atoms with van der Waals surface area (Å²) in [5, 5.41) is 3.49. The van der Waals surface area contributed by atoms with E-state index in [0.717, 1.165) is 6.04 Å². The lowest BCUT2D eigenvalue weighted by Gasteiger charge is -2.36. The van der Waals surface area contributed by atoms with Crippen LogP contribution in [0.4, 0.5) is 0 Å². The molecule has 76 valence electrons. The van der Waals surface area contributed by atoms with E-state index in [4.69, 9.17) is 0 Å². The molecule has 0 aromatic rings. The van der Waals surface area contributed by atoms with Crippen molar-refractivity contribution in [3.05, 3.63) is 0 Å². The molecule has 13 heavy (non-hydrogen) atoms. The molecule has 0 aliphatic carbocycles. The van der Waals surface area contributed by atoms with Gasteiger partial charge in [0.05, 0.1) is 0 Å². The fraction of sp³-hybridized carbons (Fsp3) is 1.00. The maximum absolute atomic E-state index is 3.49. The van der Waals surface area contributed by atoms with Gasteiger partial charge in [-0.1, -0.05) is 0 Å². The summed E-state index contributed by atoms with van der Waals surface area (Å²) in [4.78, 5) is 5.10. The van der Waals surface area contributed by atoms with Crippen molar-refractivity contribution in [3.8, 4) is 0 Å². The Morgan fingerprint density at radius 1 is 1.23 bits per heavy atom. The van der Waals surface area contributed by atoms with E-state index in [1.807, 2.05) is 0 Å². The average molecular weight is 183 g/mol. The summed E-state index contributed by atoms with van der Waals surface area (Å²) in [5.74, 6) is 0. The van der Waals surface area contributed by atoms with Gasteiger partial charge in [0.1, 0.15) is 0 Å². The summed E-state index contributed by atoms with van der Waals surface area (Å²) in [7, 11) is 2.23. The monoisotopic (exact) mass is 183 g/mol. The van der Waals surface area contributed by atoms with Crippen LogP contribution in [0.5, 0.6) is 0 Å². The Kier molecular flexibility index (Phi) is 2.86. The third kappa shape index (κ3) is 2.22. The third-order valence-electron chi connectivity index (χ3n) is 3.28. The van der Waals surface area contributed by atoms with Crippen molar-refractivity contribution < 1.29 is 0 Å². The lowest BCUT2D eigenvalue weighted by molar-refractivity contribution is 0.151. The van der Waals surface area contributed by atoms with Gasteiger partial charge < -0.3 is 10.2 Å². The van der Waals surface area contributed by atoms with E-state index >= 15 is 0 Å². The van der Waals surface area contributed by atoms with Crippen molar-refractivity contribution >= 4 is 0 Å². The van der Waals surface area contributed by atoms with Gasteiger partial charge in [0.25, 0.3) is 0 Å². The quantitative estimate of drug-likeness (QED) is 0.616. The number of likely N-dealkylation sites (N-methyl/N-ethyl adjacent to an activating group) is 1. The minimum Gasteiger partial charge on any atom is -0.312 e. The lowest BCUT2D eigenvalue weighted by atomic mass is 10.1. The Hall–Kier alpha value is -0.120. The molecule has 0 saturated carbocycles. The average Bonchev–Trinajstić information content (AvgIpc) is 2.52. The molecule has 0 aromatic heterocycles. The minimum absolute atomic E-state index is 0.680. The molecule has 1 unspecified atom stereocenters. The molecular formula is C10H21N3. The second kappa shape index (κ2) is 3.95. The van der Waals surface area contributed by atoms with Crippen LogP contribution in [-0.2, 0) is 0 Å². The Balaban J connectivity index is 1.85. The number of rotatable bonds is 1. The van der Waals surface area contributed by atoms with Crippen LogP contribution in [0.3, 0.4) is 0 Å². The Bertz CT molecular complexity index is 172. The molecule has 2 saturated heterocycles. The maximum atomic E-state index is 3.49. The molecule has 2 atom stereocenters. The molecule has 2 aliphatic heterocycles. The van der Waals surface area contributed by atoms with Crippen molar-refractivity contribution in [1.82, 2.24) is 15.1 Å². The zero-order valence-corrected chi connectivity index (χ0v) is 8.79. The zero-order valence-electron chi connectivity index (χ0n) is 8.79. The predicted octanol–water partition coefficient (Wildman–Crippen LogP) is -0.0158. The summed E-state index contributed by atoms with van der Waals surface area (Å²) in [6.07, 6.45) is 1.36. The normalized spacial score (nSPS) is 38.3. The number of nitrogens with one attached hydrogen (secondary N) is 1. The molecule has 0 aromatic carbocycles. The first kappa shape index (κ1) is 9.44. The van der Waals surface area contributed by atoms with Gasteiger partial charge in [0.2, 0.25) is 0 Å². The third-order valence-corrected chi connectivity index (χ3v) is 3.28. The highest BCUT2D eigenvalue weighted by Crippen LogP contribution is 2.15. The summed E-state index contributed by atoms with van der Waals surface area (Å²) >= 11 is 0. The highest BCUT2D eigenvalue weighted by molar-refractivity contribution is 4.86. The van der Waals surface area contributed by atoms with E-state index in [0.29, 0.717) is 6.04 Å². The van der Waals surface area contributed by atoms with E-state index in [1.54, 1.807) is 0 Å². The molecule has 3 heteroatoms. The van der Waals surface area contributed by atoms with E-state index in [9.17, 15) is 0 Å². The van der Waals surface area contributed by atoms with Gasteiger partial charge in [-0.05, 0) is 26.9 Å². The molecule has 1 N–H and O–H groups in total. The van der Waals surface area contributed by atoms with Crippen molar-refractivity contribution in [2.24, 2.45) is 0 Å². The molecule has 3 nitrogen and oxygen atoms in total. The van der Waals surface area contributed by atoms with Crippen molar-refractivity contribution in [2.75, 3.05) is 39.8 Å². The van der Waals surface area contributed by atoms with Gasteiger partial charge in [-0.3, -0.25) is 4.90 Å². The standard InChI is InChI=1S/C10H21N3/c1-9-7-13(6-4-11-9)10-3-5-12(2)8-10/h9-11H,3-8H2,1-2H3/t9-,10?/m0/s1.